The van der Waals surface area contributed by atoms with E-state index in [1.54, 1.807) is 66.7 Å². The monoisotopic (exact) mass is 300 g/mol. The summed E-state index contributed by atoms with van der Waals surface area (Å²) in [5, 5.41) is 6.83. The molecule has 0 bridgehead atoms. The van der Waals surface area contributed by atoms with Gasteiger partial charge in [-0.3, -0.25) is 9.56 Å². The van der Waals surface area contributed by atoms with Crippen molar-refractivity contribution < 1.29 is 14.4 Å². The van der Waals surface area contributed by atoms with Gasteiger partial charge in [0.05, 0.1) is 0 Å². The van der Waals surface area contributed by atoms with E-state index in [2.05, 4.69) is 4.99 Å². The molecule has 0 aliphatic carbocycles. The Labute approximate surface area is 122 Å². The molecule has 0 atom stereocenters. The highest BCUT2D eigenvalue weighted by atomic mass is 31.2. The van der Waals surface area contributed by atoms with E-state index in [1.807, 2.05) is 0 Å². The minimum Gasteiger partial charge on any atom is -0.322 e. The first-order valence-electron chi connectivity index (χ1n) is 6.12. The number of hydrogen-bond donors (Lipinski definition) is 2. The zero-order valence-electron chi connectivity index (χ0n) is 11.0. The maximum absolute atomic E-state index is 12.2. The molecule has 0 unspecified atom stereocenters. The normalized spacial score (nSPS) is 12.2. The molecule has 0 aliphatic rings. The van der Waals surface area contributed by atoms with Crippen LogP contribution >= 0.6 is 7.60 Å². The molecule has 0 saturated heterocycles. The smallest absolute Gasteiger partial charge is 0.322 e. The molecule has 6 heteroatoms. The number of nitrogens with zero attached hydrogens (tertiary/aromatic N) is 2. The predicted molar refractivity (Wildman–Crippen MR) is 79.8 cm³/mol. The third kappa shape index (κ3) is 2.79. The lowest BCUT2D eigenvalue weighted by Crippen LogP contribution is -2.25. The molecule has 0 amide bonds. The minimum absolute atomic E-state index is 0.330. The molecule has 0 spiro atoms. The number of benzene rings is 2. The van der Waals surface area contributed by atoms with E-state index < -0.39 is 12.9 Å². The van der Waals surface area contributed by atoms with E-state index in [0.29, 0.717) is 11.1 Å². The summed E-state index contributed by atoms with van der Waals surface area (Å²) in [6.07, 6.45) is 0.860. The van der Waals surface area contributed by atoms with Crippen molar-refractivity contribution in [3.63, 3.8) is 0 Å². The summed E-state index contributed by atoms with van der Waals surface area (Å²) in [7, 11) is -4.73. The van der Waals surface area contributed by atoms with Crippen molar-refractivity contribution >= 4 is 13.8 Å². The summed E-state index contributed by atoms with van der Waals surface area (Å²) in [6, 6.07) is 18.2. The number of hydrogen-bond acceptors (Lipinski definition) is 3. The van der Waals surface area contributed by atoms with Gasteiger partial charge in [0.1, 0.15) is 12.3 Å². The van der Waals surface area contributed by atoms with E-state index in [4.69, 9.17) is 5.26 Å². The van der Waals surface area contributed by atoms with Crippen LogP contribution in [0, 0.1) is 11.3 Å². The van der Waals surface area contributed by atoms with Gasteiger partial charge in [0.15, 0.2) is 0 Å². The summed E-state index contributed by atoms with van der Waals surface area (Å²) in [5.41, 5.74) is 0.659. The van der Waals surface area contributed by atoms with Gasteiger partial charge in [-0.15, -0.1) is 0 Å². The van der Waals surface area contributed by atoms with Gasteiger partial charge in [0.25, 0.3) is 0 Å². The Kier molecular flexibility index (Phi) is 4.35. The molecule has 2 aromatic carbocycles. The van der Waals surface area contributed by atoms with Crippen LogP contribution in [0.4, 0.5) is 0 Å². The van der Waals surface area contributed by atoms with Crippen molar-refractivity contribution in [2.75, 3.05) is 0 Å². The average Bonchev–Trinajstić information content (AvgIpc) is 2.49. The van der Waals surface area contributed by atoms with Crippen LogP contribution in [0.3, 0.4) is 0 Å². The van der Waals surface area contributed by atoms with Crippen molar-refractivity contribution in [3.8, 4) is 6.07 Å². The molecule has 0 radical (unpaired) electrons. The highest BCUT2D eigenvalue weighted by Crippen LogP contribution is 2.61. The quantitative estimate of drug-likeness (QED) is 0.670. The lowest BCUT2D eigenvalue weighted by molar-refractivity contribution is 0.341. The molecule has 2 N–H and O–H groups in total. The fourth-order valence-electron chi connectivity index (χ4n) is 2.19. The van der Waals surface area contributed by atoms with Crippen LogP contribution < -0.4 is 0 Å². The van der Waals surface area contributed by atoms with Crippen LogP contribution in [0.25, 0.3) is 0 Å². The number of nitriles is 1. The van der Waals surface area contributed by atoms with Crippen LogP contribution in [0.2, 0.25) is 0 Å². The van der Waals surface area contributed by atoms with Gasteiger partial charge in [-0.25, -0.2) is 0 Å². The minimum atomic E-state index is -4.73. The molecule has 0 fully saturated rings. The molecular formula is C15H13N2O3P. The third-order valence-corrected chi connectivity index (χ3v) is 4.56. The highest BCUT2D eigenvalue weighted by Gasteiger charge is 2.49. The summed E-state index contributed by atoms with van der Waals surface area (Å²) in [5.74, 6) is 0. The molecule has 0 aromatic heterocycles. The summed E-state index contributed by atoms with van der Waals surface area (Å²) in [4.78, 5) is 23.8. The summed E-state index contributed by atoms with van der Waals surface area (Å²) in [6.45, 7) is 0. The molecule has 106 valence electrons. The second kappa shape index (κ2) is 6.02. The number of rotatable bonds is 4. The van der Waals surface area contributed by atoms with Crippen molar-refractivity contribution in [2.45, 2.75) is 5.28 Å². The third-order valence-electron chi connectivity index (χ3n) is 3.08. The van der Waals surface area contributed by atoms with Crippen molar-refractivity contribution in [2.24, 2.45) is 4.99 Å². The van der Waals surface area contributed by atoms with Crippen LogP contribution in [0.5, 0.6) is 0 Å². The second-order valence-electron chi connectivity index (χ2n) is 4.34. The molecule has 5 nitrogen and oxygen atoms in total. The van der Waals surface area contributed by atoms with Gasteiger partial charge < -0.3 is 9.79 Å². The zero-order valence-corrected chi connectivity index (χ0v) is 11.9. The molecule has 2 rings (SSSR count). The molecule has 0 heterocycles. The topological polar surface area (TPSA) is 93.7 Å². The zero-order chi connectivity index (χ0) is 15.3. The van der Waals surface area contributed by atoms with Crippen LogP contribution in [-0.2, 0) is 9.85 Å². The first-order chi connectivity index (χ1) is 10.0. The number of aliphatic imine (C=N–C) groups is 1. The van der Waals surface area contributed by atoms with E-state index >= 15 is 0 Å². The lowest BCUT2D eigenvalue weighted by atomic mass is 9.98. The standard InChI is InChI=1S/C15H13N2O3P/c16-11-12-17-15(21(18,19)20,13-7-3-1-4-8-13)14-9-5-2-6-10-14/h1-10,12H,(H2,18,19,20). The first kappa shape index (κ1) is 15.1. The predicted octanol–water partition coefficient (Wildman–Crippen LogP) is 2.66. The van der Waals surface area contributed by atoms with E-state index in [1.165, 1.54) is 0 Å². The molecule has 21 heavy (non-hydrogen) atoms. The largest absolute Gasteiger partial charge is 0.361 e. The molecule has 0 saturated carbocycles. The van der Waals surface area contributed by atoms with E-state index in [-0.39, 0.29) is 0 Å². The van der Waals surface area contributed by atoms with Gasteiger partial charge in [0.2, 0.25) is 5.28 Å². The van der Waals surface area contributed by atoms with E-state index in [9.17, 15) is 14.4 Å². The Morgan fingerprint density at radius 1 is 1.00 bits per heavy atom. The van der Waals surface area contributed by atoms with Crippen molar-refractivity contribution in [1.82, 2.24) is 0 Å². The van der Waals surface area contributed by atoms with Gasteiger partial charge in [-0.2, -0.15) is 5.26 Å². The van der Waals surface area contributed by atoms with Gasteiger partial charge >= 0.3 is 7.60 Å². The van der Waals surface area contributed by atoms with Crippen LogP contribution in [0.15, 0.2) is 65.7 Å². The maximum Gasteiger partial charge on any atom is 0.361 e. The highest BCUT2D eigenvalue weighted by molar-refractivity contribution is 7.53. The second-order valence-corrected chi connectivity index (χ2v) is 6.07. The van der Waals surface area contributed by atoms with Crippen LogP contribution in [0.1, 0.15) is 11.1 Å². The molecule has 0 aliphatic heterocycles. The van der Waals surface area contributed by atoms with Crippen molar-refractivity contribution in [1.29, 1.82) is 5.26 Å². The fourth-order valence-corrected chi connectivity index (χ4v) is 3.37. The Morgan fingerprint density at radius 3 is 1.76 bits per heavy atom. The van der Waals surface area contributed by atoms with Gasteiger partial charge in [-0.1, -0.05) is 60.7 Å². The SMILES string of the molecule is N#CC=NC(c1ccccc1)(c1ccccc1)P(=O)(O)O. The summed E-state index contributed by atoms with van der Waals surface area (Å²) < 4.78 is 12.2. The van der Waals surface area contributed by atoms with Gasteiger partial charge in [0, 0.05) is 0 Å². The molecule has 2 aromatic rings. The first-order valence-corrected chi connectivity index (χ1v) is 7.73. The molecular weight excluding hydrogens is 287 g/mol. The Balaban J connectivity index is 2.83. The van der Waals surface area contributed by atoms with Crippen molar-refractivity contribution in [3.05, 3.63) is 71.8 Å². The average molecular weight is 300 g/mol. The Bertz CT molecular complexity index is 678. The summed E-state index contributed by atoms with van der Waals surface area (Å²) >= 11 is 0. The Hall–Kier alpha value is -2.25. The fraction of sp³-hybridized carbons (Fsp3) is 0.0667. The van der Waals surface area contributed by atoms with Crippen LogP contribution in [-0.4, -0.2) is 16.0 Å². The Morgan fingerprint density at radius 2 is 1.43 bits per heavy atom. The lowest BCUT2D eigenvalue weighted by Gasteiger charge is -2.31. The van der Waals surface area contributed by atoms with Gasteiger partial charge in [-0.05, 0) is 11.1 Å². The van der Waals surface area contributed by atoms with E-state index in [0.717, 1.165) is 6.21 Å². The maximum atomic E-state index is 12.2.